The summed E-state index contributed by atoms with van der Waals surface area (Å²) in [7, 11) is 0. The third-order valence-corrected chi connectivity index (χ3v) is 11.1. The summed E-state index contributed by atoms with van der Waals surface area (Å²) in [5, 5.41) is 0.847. The molecule has 2 fully saturated rings. The Balaban J connectivity index is 1.56. The summed E-state index contributed by atoms with van der Waals surface area (Å²) >= 11 is 0. The summed E-state index contributed by atoms with van der Waals surface area (Å²) in [5.74, 6) is -6.89. The second-order valence-corrected chi connectivity index (χ2v) is 16.3. The van der Waals surface area contributed by atoms with Gasteiger partial charge in [-0.05, 0) is 37.1 Å². The Hall–Kier alpha value is -7.13. The van der Waals surface area contributed by atoms with Crippen molar-refractivity contribution in [2.45, 2.75) is 131 Å². The number of nitrogens with zero attached hydrogens (tertiary/aromatic N) is 2. The Labute approximate surface area is 389 Å². The molecular weight excluding hydrogens is 897 g/mol. The number of benzene rings is 2. The van der Waals surface area contributed by atoms with Gasteiger partial charge in [-0.1, -0.05) is 24.3 Å². The molecule has 0 N–H and O–H groups in total. The summed E-state index contributed by atoms with van der Waals surface area (Å²) in [4.78, 5) is 115. The van der Waals surface area contributed by atoms with Gasteiger partial charge in [0, 0.05) is 89.7 Å². The van der Waals surface area contributed by atoms with Crippen LogP contribution in [0, 0.1) is 13.8 Å². The fourth-order valence-electron chi connectivity index (χ4n) is 8.75. The third-order valence-electron chi connectivity index (χ3n) is 11.1. The van der Waals surface area contributed by atoms with E-state index in [9.17, 15) is 38.4 Å². The van der Waals surface area contributed by atoms with E-state index in [0.29, 0.717) is 32.9 Å². The zero-order valence-corrected chi connectivity index (χ0v) is 39.0. The first-order chi connectivity index (χ1) is 32.1. The summed E-state index contributed by atoms with van der Waals surface area (Å²) in [6.45, 7) is 11.5. The summed E-state index contributed by atoms with van der Waals surface area (Å²) in [6.07, 6.45) is -11.4. The Morgan fingerprint density at radius 1 is 0.441 bits per heavy atom. The lowest BCUT2D eigenvalue weighted by atomic mass is 9.97. The fraction of sp³-hybridized carbons (Fsp3) is 0.468. The van der Waals surface area contributed by atoms with E-state index in [1.165, 1.54) is 21.5 Å². The third kappa shape index (κ3) is 10.8. The number of ketones is 1. The molecule has 10 atom stereocenters. The normalized spacial score (nSPS) is 24.6. The van der Waals surface area contributed by atoms with Gasteiger partial charge in [0.2, 0.25) is 0 Å². The highest BCUT2D eigenvalue weighted by molar-refractivity contribution is 6.22. The number of rotatable bonds is 14. The molecule has 0 bridgehead atoms. The number of carbonyl (C=O) groups excluding carboxylic acids is 9. The molecule has 0 radical (unpaired) electrons. The van der Waals surface area contributed by atoms with E-state index in [1.54, 1.807) is 50.2 Å². The molecule has 0 aliphatic carbocycles. The monoisotopic (exact) mass is 948 g/mol. The largest absolute Gasteiger partial charge is 0.463 e. The molecule has 6 rings (SSSR count). The summed E-state index contributed by atoms with van der Waals surface area (Å²) in [5.41, 5.74) is 2.22. The van der Waals surface area contributed by atoms with Crippen LogP contribution in [0.25, 0.3) is 21.8 Å². The van der Waals surface area contributed by atoms with Crippen LogP contribution in [-0.2, 0) is 85.7 Å². The van der Waals surface area contributed by atoms with Crippen LogP contribution in [0.3, 0.4) is 0 Å². The van der Waals surface area contributed by atoms with Crippen LogP contribution in [0.4, 0.5) is 0 Å². The zero-order valence-electron chi connectivity index (χ0n) is 39.0. The van der Waals surface area contributed by atoms with E-state index < -0.39 is 128 Å². The average molecular weight is 949 g/mol. The van der Waals surface area contributed by atoms with Gasteiger partial charge in [0.15, 0.2) is 54.9 Å². The molecule has 2 aromatic carbocycles. The number of carbonyl (C=O) groups is 9. The minimum absolute atomic E-state index is 0.106. The molecule has 0 saturated carbocycles. The van der Waals surface area contributed by atoms with Gasteiger partial charge in [-0.2, -0.15) is 0 Å². The van der Waals surface area contributed by atoms with Crippen LogP contribution in [-0.4, -0.2) is 125 Å². The van der Waals surface area contributed by atoms with Crippen LogP contribution in [0.5, 0.6) is 0 Å². The lowest BCUT2D eigenvalue weighted by Crippen LogP contribution is -2.60. The first-order valence-electron chi connectivity index (χ1n) is 21.4. The van der Waals surface area contributed by atoms with Gasteiger partial charge in [-0.25, -0.2) is 0 Å². The molecule has 68 heavy (non-hydrogen) atoms. The quantitative estimate of drug-likeness (QED) is 0.0985. The van der Waals surface area contributed by atoms with E-state index in [1.807, 2.05) is 0 Å². The minimum Gasteiger partial charge on any atom is -0.463 e. The Bertz CT molecular complexity index is 2480. The van der Waals surface area contributed by atoms with E-state index in [0.717, 1.165) is 55.4 Å². The van der Waals surface area contributed by atoms with Crippen LogP contribution in [0.2, 0.25) is 0 Å². The molecule has 4 aromatic rings. The van der Waals surface area contributed by atoms with Gasteiger partial charge >= 0.3 is 47.8 Å². The van der Waals surface area contributed by atoms with Crippen molar-refractivity contribution >= 4 is 75.3 Å². The smallest absolute Gasteiger partial charge is 0.303 e. The van der Waals surface area contributed by atoms with Crippen molar-refractivity contribution in [3.8, 4) is 0 Å². The molecule has 2 saturated heterocycles. The molecule has 0 unspecified atom stereocenters. The molecule has 0 spiro atoms. The average Bonchev–Trinajstić information content (AvgIpc) is 3.82. The van der Waals surface area contributed by atoms with E-state index >= 15 is 4.79 Å². The predicted octanol–water partition coefficient (Wildman–Crippen LogP) is 3.96. The molecule has 2 aliphatic heterocycles. The van der Waals surface area contributed by atoms with E-state index in [-0.39, 0.29) is 11.1 Å². The molecule has 0 amide bonds. The van der Waals surface area contributed by atoms with E-state index in [4.69, 9.17) is 47.4 Å². The highest BCUT2D eigenvalue weighted by Crippen LogP contribution is 2.42. The highest BCUT2D eigenvalue weighted by Gasteiger charge is 2.55. The van der Waals surface area contributed by atoms with Crippen LogP contribution >= 0.6 is 0 Å². The van der Waals surface area contributed by atoms with Crippen molar-refractivity contribution in [1.29, 1.82) is 0 Å². The van der Waals surface area contributed by atoms with Gasteiger partial charge in [-0.15, -0.1) is 0 Å². The summed E-state index contributed by atoms with van der Waals surface area (Å²) < 4.78 is 60.7. The van der Waals surface area contributed by atoms with Crippen LogP contribution in [0.1, 0.15) is 94.9 Å². The van der Waals surface area contributed by atoms with Gasteiger partial charge < -0.3 is 56.5 Å². The van der Waals surface area contributed by atoms with Gasteiger partial charge in [-0.3, -0.25) is 43.2 Å². The molecule has 364 valence electrons. The minimum atomic E-state index is -1.51. The molecule has 2 aromatic heterocycles. The lowest BCUT2D eigenvalue weighted by molar-refractivity contribution is -0.267. The number of esters is 8. The lowest BCUT2D eigenvalue weighted by Gasteiger charge is -2.44. The second-order valence-electron chi connectivity index (χ2n) is 16.3. The standard InChI is InChI=1S/C47H52N2O19/c1-21-13-11-15-33-37(21)31(17-48(33)46-44(65-29(9)56)42(63-27(7)54)40(61-25(5)52)35(67-46)19-59-23(3)50)39(58)32-18-49(34-16-12-14-22(2)38(32)34)47-45(66-30(10)57)43(64-28(8)55)41(62-26(6)53)36(68-47)20-60-24(4)51/h11-18,35-36,40-47H,19-20H2,1-10H3/t35-,36-,40-,41-,42+,43+,44-,45-,46-,47-/m1/s1. The van der Waals surface area contributed by atoms with Crippen LogP contribution < -0.4 is 0 Å². The molecule has 2 aliphatic rings. The highest BCUT2D eigenvalue weighted by atomic mass is 16.7. The fourth-order valence-corrected chi connectivity index (χ4v) is 8.75. The molecule has 21 nitrogen and oxygen atoms in total. The number of ether oxygens (including phenoxy) is 10. The van der Waals surface area contributed by atoms with Gasteiger partial charge in [0.25, 0.3) is 0 Å². The first kappa shape index (κ1) is 50.3. The van der Waals surface area contributed by atoms with Crippen molar-refractivity contribution in [2.75, 3.05) is 13.2 Å². The first-order valence-corrected chi connectivity index (χ1v) is 21.4. The Morgan fingerprint density at radius 2 is 0.750 bits per heavy atom. The maximum atomic E-state index is 15.5. The Kier molecular flexibility index (Phi) is 15.4. The summed E-state index contributed by atoms with van der Waals surface area (Å²) in [6, 6.07) is 10.3. The predicted molar refractivity (Wildman–Crippen MR) is 231 cm³/mol. The maximum absolute atomic E-state index is 15.5. The van der Waals surface area contributed by atoms with E-state index in [2.05, 4.69) is 0 Å². The number of fused-ring (bicyclic) bond motifs is 2. The topological polar surface area (TPSA) is 256 Å². The zero-order chi connectivity index (χ0) is 49.9. The van der Waals surface area contributed by atoms with Crippen molar-refractivity contribution < 1.29 is 90.5 Å². The number of hydrogen-bond acceptors (Lipinski definition) is 19. The molecule has 4 heterocycles. The van der Waals surface area contributed by atoms with Gasteiger partial charge in [0.1, 0.15) is 25.4 Å². The number of aromatic nitrogens is 2. The van der Waals surface area contributed by atoms with Crippen molar-refractivity contribution in [2.24, 2.45) is 0 Å². The second kappa shape index (κ2) is 20.8. The van der Waals surface area contributed by atoms with Gasteiger partial charge in [0.05, 0.1) is 11.0 Å². The van der Waals surface area contributed by atoms with Crippen LogP contribution in [0.15, 0.2) is 48.8 Å². The molecular formula is C47H52N2O19. The maximum Gasteiger partial charge on any atom is 0.303 e. The molecule has 21 heteroatoms. The number of aryl methyl sites for hydroxylation is 2. The van der Waals surface area contributed by atoms with Crippen molar-refractivity contribution in [3.63, 3.8) is 0 Å². The number of hydrogen-bond donors (Lipinski definition) is 0. The Morgan fingerprint density at radius 3 is 1.06 bits per heavy atom. The van der Waals surface area contributed by atoms with Crippen molar-refractivity contribution in [1.82, 2.24) is 9.13 Å². The SMILES string of the molecule is CC(=O)OC[C@H]1O[C@@H](n2cc(C(=O)c3cn([C@@H]4O[C@H](COC(C)=O)[C@@H](OC(C)=O)[C@H](OC(C)=O)[C@H]4OC(C)=O)c4cccc(C)c34)c3c(C)cccc32)[C@H](OC(C)=O)[C@@H](OC(C)=O)[C@@H]1OC(C)=O. The van der Waals surface area contributed by atoms with Crippen molar-refractivity contribution in [3.05, 3.63) is 71.0 Å².